The predicted octanol–water partition coefficient (Wildman–Crippen LogP) is 4.07. The molecule has 0 bridgehead atoms. The van der Waals surface area contributed by atoms with Crippen molar-refractivity contribution in [3.63, 3.8) is 0 Å². The quantitative estimate of drug-likeness (QED) is 0.403. The third-order valence-corrected chi connectivity index (χ3v) is 5.40. The molecule has 1 aromatic heterocycles. The molecule has 0 atom stereocenters. The molecule has 0 aliphatic rings. The van der Waals surface area contributed by atoms with E-state index in [1.807, 2.05) is 66.2 Å². The number of amides is 1. The molecular weight excluding hydrogens is 384 g/mol. The van der Waals surface area contributed by atoms with Crippen LogP contribution in [0.4, 0.5) is 0 Å². The highest BCUT2D eigenvalue weighted by molar-refractivity contribution is 7.99. The lowest BCUT2D eigenvalue weighted by atomic mass is 10.2. The largest absolute Gasteiger partial charge is 0.494 e. The van der Waals surface area contributed by atoms with Gasteiger partial charge < -0.3 is 14.6 Å². The zero-order valence-corrected chi connectivity index (χ0v) is 17.6. The number of benzene rings is 2. The molecule has 3 rings (SSSR count). The van der Waals surface area contributed by atoms with Gasteiger partial charge >= 0.3 is 0 Å². The molecule has 3 aromatic rings. The summed E-state index contributed by atoms with van der Waals surface area (Å²) in [6.45, 7) is 3.40. The van der Waals surface area contributed by atoms with Crippen molar-refractivity contribution in [2.24, 2.45) is 7.05 Å². The lowest BCUT2D eigenvalue weighted by molar-refractivity contribution is -0.118. The van der Waals surface area contributed by atoms with Crippen LogP contribution in [0.15, 0.2) is 59.8 Å². The molecule has 6 nitrogen and oxygen atoms in total. The van der Waals surface area contributed by atoms with Crippen molar-refractivity contribution in [1.29, 1.82) is 0 Å². The van der Waals surface area contributed by atoms with Crippen LogP contribution in [0.3, 0.4) is 0 Å². The van der Waals surface area contributed by atoms with Crippen LogP contribution < -0.4 is 10.1 Å². The highest BCUT2D eigenvalue weighted by Crippen LogP contribution is 2.24. The third kappa shape index (κ3) is 6.09. The molecule has 2 aromatic carbocycles. The molecule has 0 unspecified atom stereocenters. The first kappa shape index (κ1) is 20.9. The molecule has 29 heavy (non-hydrogen) atoms. The van der Waals surface area contributed by atoms with E-state index in [-0.39, 0.29) is 5.91 Å². The lowest BCUT2D eigenvalue weighted by Crippen LogP contribution is -2.24. The number of aromatic nitrogens is 3. The SMILES string of the molecule is CCCCOc1ccc(-c2nnc(SCC(=O)NCc3ccccc3)n2C)cc1. The van der Waals surface area contributed by atoms with E-state index in [1.54, 1.807) is 0 Å². The van der Waals surface area contributed by atoms with E-state index in [0.29, 0.717) is 17.5 Å². The van der Waals surface area contributed by atoms with Gasteiger partial charge in [0, 0.05) is 19.2 Å². The smallest absolute Gasteiger partial charge is 0.230 e. The summed E-state index contributed by atoms with van der Waals surface area (Å²) in [5, 5.41) is 12.1. The van der Waals surface area contributed by atoms with Gasteiger partial charge in [-0.25, -0.2) is 0 Å². The molecule has 1 amide bonds. The summed E-state index contributed by atoms with van der Waals surface area (Å²) < 4.78 is 7.61. The second kappa shape index (κ2) is 10.7. The van der Waals surface area contributed by atoms with E-state index in [2.05, 4.69) is 22.4 Å². The Morgan fingerprint density at radius 1 is 1.10 bits per heavy atom. The Hall–Kier alpha value is -2.80. The van der Waals surface area contributed by atoms with Gasteiger partial charge in [-0.2, -0.15) is 0 Å². The fourth-order valence-corrected chi connectivity index (χ4v) is 3.45. The number of nitrogens with zero attached hydrogens (tertiary/aromatic N) is 3. The van der Waals surface area contributed by atoms with Gasteiger partial charge in [-0.3, -0.25) is 4.79 Å². The van der Waals surface area contributed by atoms with Gasteiger partial charge in [0.2, 0.25) is 5.91 Å². The molecule has 7 heteroatoms. The van der Waals surface area contributed by atoms with E-state index in [4.69, 9.17) is 4.74 Å². The average molecular weight is 411 g/mol. The van der Waals surface area contributed by atoms with E-state index in [1.165, 1.54) is 11.8 Å². The van der Waals surface area contributed by atoms with Crippen molar-refractivity contribution in [3.8, 4) is 17.1 Å². The van der Waals surface area contributed by atoms with Gasteiger partial charge in [0.05, 0.1) is 12.4 Å². The standard InChI is InChI=1S/C22H26N4O2S/c1-3-4-14-28-19-12-10-18(11-13-19)21-24-25-22(26(21)2)29-16-20(27)23-15-17-8-6-5-7-9-17/h5-13H,3-4,14-16H2,1-2H3,(H,23,27). The molecule has 152 valence electrons. The van der Waals surface area contributed by atoms with Crippen molar-refractivity contribution < 1.29 is 9.53 Å². The van der Waals surface area contributed by atoms with Gasteiger partial charge in [0.1, 0.15) is 5.75 Å². The highest BCUT2D eigenvalue weighted by Gasteiger charge is 2.13. The van der Waals surface area contributed by atoms with E-state index in [0.717, 1.165) is 42.1 Å². The van der Waals surface area contributed by atoms with Crippen molar-refractivity contribution >= 4 is 17.7 Å². The zero-order chi connectivity index (χ0) is 20.5. The molecule has 0 saturated heterocycles. The Balaban J connectivity index is 1.53. The number of hydrogen-bond donors (Lipinski definition) is 1. The van der Waals surface area contributed by atoms with Crippen LogP contribution in [0.1, 0.15) is 25.3 Å². The maximum atomic E-state index is 12.1. The molecule has 1 heterocycles. The number of carbonyl (C=O) groups is 1. The summed E-state index contributed by atoms with van der Waals surface area (Å²) in [5.74, 6) is 1.88. The first-order chi connectivity index (χ1) is 14.2. The monoisotopic (exact) mass is 410 g/mol. The van der Waals surface area contributed by atoms with Crippen molar-refractivity contribution in [1.82, 2.24) is 20.1 Å². The minimum absolute atomic E-state index is 0.0306. The first-order valence-electron chi connectivity index (χ1n) is 9.73. The number of ether oxygens (including phenoxy) is 1. The van der Waals surface area contributed by atoms with Crippen LogP contribution in [0.5, 0.6) is 5.75 Å². The summed E-state index contributed by atoms with van der Waals surface area (Å²) in [7, 11) is 1.91. The molecule has 0 spiro atoms. The second-order valence-electron chi connectivity index (χ2n) is 6.64. The average Bonchev–Trinajstić information content (AvgIpc) is 3.12. The van der Waals surface area contributed by atoms with Gasteiger partial charge in [-0.05, 0) is 36.2 Å². The Morgan fingerprint density at radius 3 is 2.59 bits per heavy atom. The number of carbonyl (C=O) groups excluding carboxylic acids is 1. The van der Waals surface area contributed by atoms with E-state index >= 15 is 0 Å². The second-order valence-corrected chi connectivity index (χ2v) is 7.59. The van der Waals surface area contributed by atoms with Crippen LogP contribution in [0.2, 0.25) is 0 Å². The summed E-state index contributed by atoms with van der Waals surface area (Å²) in [4.78, 5) is 12.1. The van der Waals surface area contributed by atoms with E-state index < -0.39 is 0 Å². The number of thioether (sulfide) groups is 1. The highest BCUT2D eigenvalue weighted by atomic mass is 32.2. The van der Waals surface area contributed by atoms with Gasteiger partial charge in [-0.1, -0.05) is 55.4 Å². The Labute approximate surface area is 175 Å². The van der Waals surface area contributed by atoms with Crippen LogP contribution in [0.25, 0.3) is 11.4 Å². The Bertz CT molecular complexity index is 910. The van der Waals surface area contributed by atoms with Crippen molar-refractivity contribution in [3.05, 3.63) is 60.2 Å². The molecule has 0 aliphatic carbocycles. The normalized spacial score (nSPS) is 10.7. The first-order valence-corrected chi connectivity index (χ1v) is 10.7. The Morgan fingerprint density at radius 2 is 1.86 bits per heavy atom. The summed E-state index contributed by atoms with van der Waals surface area (Å²) in [6, 6.07) is 17.7. The van der Waals surface area contributed by atoms with Gasteiger partial charge in [0.25, 0.3) is 0 Å². The predicted molar refractivity (Wildman–Crippen MR) is 116 cm³/mol. The fraction of sp³-hybridized carbons (Fsp3) is 0.318. The third-order valence-electron chi connectivity index (χ3n) is 4.38. The van der Waals surface area contributed by atoms with Gasteiger partial charge in [-0.15, -0.1) is 10.2 Å². The van der Waals surface area contributed by atoms with Crippen molar-refractivity contribution in [2.45, 2.75) is 31.5 Å². The number of nitrogens with one attached hydrogen (secondary N) is 1. The molecule has 1 N–H and O–H groups in total. The Kier molecular flexibility index (Phi) is 7.69. The molecule has 0 radical (unpaired) electrons. The molecular formula is C22H26N4O2S. The lowest BCUT2D eigenvalue weighted by Gasteiger charge is -2.07. The maximum absolute atomic E-state index is 12.1. The summed E-state index contributed by atoms with van der Waals surface area (Å²) >= 11 is 1.38. The number of rotatable bonds is 10. The minimum Gasteiger partial charge on any atom is -0.494 e. The van der Waals surface area contributed by atoms with Gasteiger partial charge in [0.15, 0.2) is 11.0 Å². The van der Waals surface area contributed by atoms with Crippen LogP contribution >= 0.6 is 11.8 Å². The number of unbranched alkanes of at least 4 members (excludes halogenated alkanes) is 1. The minimum atomic E-state index is -0.0306. The summed E-state index contributed by atoms with van der Waals surface area (Å²) in [5.41, 5.74) is 2.04. The van der Waals surface area contributed by atoms with Crippen LogP contribution in [-0.4, -0.2) is 33.0 Å². The molecule has 0 fully saturated rings. The zero-order valence-electron chi connectivity index (χ0n) is 16.8. The van der Waals surface area contributed by atoms with Crippen LogP contribution in [0, 0.1) is 0 Å². The molecule has 0 aliphatic heterocycles. The van der Waals surface area contributed by atoms with Crippen LogP contribution in [-0.2, 0) is 18.4 Å². The van der Waals surface area contributed by atoms with Crippen molar-refractivity contribution in [2.75, 3.05) is 12.4 Å². The number of hydrogen-bond acceptors (Lipinski definition) is 5. The van der Waals surface area contributed by atoms with E-state index in [9.17, 15) is 4.79 Å². The summed E-state index contributed by atoms with van der Waals surface area (Å²) in [6.07, 6.45) is 2.16. The maximum Gasteiger partial charge on any atom is 0.230 e. The fourth-order valence-electron chi connectivity index (χ4n) is 2.70. The topological polar surface area (TPSA) is 69.0 Å². The molecule has 0 saturated carbocycles.